The maximum Gasteiger partial charge on any atom is 0.220 e. The highest BCUT2D eigenvalue weighted by Crippen LogP contribution is 2.31. The number of amides is 1. The fourth-order valence-electron chi connectivity index (χ4n) is 1.99. The molecule has 0 bridgehead atoms. The first-order chi connectivity index (χ1) is 9.29. The zero-order valence-corrected chi connectivity index (χ0v) is 11.4. The van der Waals surface area contributed by atoms with Gasteiger partial charge in [-0.1, -0.05) is 25.5 Å². The van der Waals surface area contributed by atoms with E-state index in [2.05, 4.69) is 12.2 Å². The molecule has 0 saturated heterocycles. The van der Waals surface area contributed by atoms with E-state index in [4.69, 9.17) is 9.47 Å². The summed E-state index contributed by atoms with van der Waals surface area (Å²) in [5, 5.41) is 2.91. The first-order valence-corrected chi connectivity index (χ1v) is 6.94. The summed E-state index contributed by atoms with van der Waals surface area (Å²) in [6, 6.07) is 7.62. The second-order valence-corrected chi connectivity index (χ2v) is 4.74. The predicted molar refractivity (Wildman–Crippen MR) is 73.5 cm³/mol. The minimum atomic E-state index is -0.0353. The second-order valence-electron chi connectivity index (χ2n) is 4.74. The van der Waals surface area contributed by atoms with Crippen LogP contribution in [-0.4, -0.2) is 25.2 Å². The van der Waals surface area contributed by atoms with Gasteiger partial charge in [-0.3, -0.25) is 4.79 Å². The van der Waals surface area contributed by atoms with Crippen molar-refractivity contribution in [3.8, 4) is 11.5 Å². The molecule has 0 saturated carbocycles. The summed E-state index contributed by atoms with van der Waals surface area (Å²) in [6.07, 6.45) is 3.26. The summed E-state index contributed by atoms with van der Waals surface area (Å²) in [6.45, 7) is 3.39. The van der Waals surface area contributed by atoms with Crippen molar-refractivity contribution >= 4 is 5.91 Å². The summed E-state index contributed by atoms with van der Waals surface area (Å²) < 4.78 is 11.4. The third-order valence-corrected chi connectivity index (χ3v) is 3.11. The van der Waals surface area contributed by atoms with Crippen molar-refractivity contribution in [2.24, 2.45) is 0 Å². The lowest BCUT2D eigenvalue weighted by molar-refractivity contribution is -0.121. The molecule has 4 nitrogen and oxygen atoms in total. The Kier molecular flexibility index (Phi) is 5.07. The van der Waals surface area contributed by atoms with Gasteiger partial charge in [0.15, 0.2) is 11.5 Å². The quantitative estimate of drug-likeness (QED) is 0.802. The van der Waals surface area contributed by atoms with Crippen molar-refractivity contribution in [3.05, 3.63) is 24.3 Å². The highest BCUT2D eigenvalue weighted by molar-refractivity contribution is 5.75. The van der Waals surface area contributed by atoms with Crippen molar-refractivity contribution in [1.29, 1.82) is 0 Å². The van der Waals surface area contributed by atoms with Crippen molar-refractivity contribution in [2.45, 2.75) is 38.7 Å². The molecular weight excluding hydrogens is 242 g/mol. The van der Waals surface area contributed by atoms with E-state index in [-0.39, 0.29) is 12.0 Å². The molecule has 1 unspecified atom stereocenters. The number of carbonyl (C=O) groups excluding carboxylic acids is 1. The van der Waals surface area contributed by atoms with Crippen LogP contribution in [-0.2, 0) is 4.79 Å². The molecule has 0 spiro atoms. The molecule has 0 fully saturated rings. The molecule has 1 amide bonds. The third-order valence-electron chi connectivity index (χ3n) is 3.11. The van der Waals surface area contributed by atoms with Gasteiger partial charge in [-0.15, -0.1) is 0 Å². The first-order valence-electron chi connectivity index (χ1n) is 6.94. The van der Waals surface area contributed by atoms with E-state index in [0.29, 0.717) is 19.4 Å². The SMILES string of the molecule is CCCCNC(=O)CCC1COc2ccccc2O1. The minimum absolute atomic E-state index is 0.0353. The second kappa shape index (κ2) is 7.02. The number of hydrogen-bond donors (Lipinski definition) is 1. The number of ether oxygens (including phenoxy) is 2. The normalized spacial score (nSPS) is 17.0. The summed E-state index contributed by atoms with van der Waals surface area (Å²) >= 11 is 0. The average Bonchev–Trinajstić information content (AvgIpc) is 2.45. The van der Waals surface area contributed by atoms with E-state index < -0.39 is 0 Å². The molecule has 104 valence electrons. The fourth-order valence-corrected chi connectivity index (χ4v) is 1.99. The third kappa shape index (κ3) is 4.16. The lowest BCUT2D eigenvalue weighted by Gasteiger charge is -2.26. The van der Waals surface area contributed by atoms with E-state index in [1.165, 1.54) is 0 Å². The fraction of sp³-hybridized carbons (Fsp3) is 0.533. The standard InChI is InChI=1S/C15H21NO3/c1-2-3-10-16-15(17)9-8-12-11-18-13-6-4-5-7-14(13)19-12/h4-7,12H,2-3,8-11H2,1H3,(H,16,17). The highest BCUT2D eigenvalue weighted by atomic mass is 16.6. The van der Waals surface area contributed by atoms with Gasteiger partial charge in [0.05, 0.1) is 0 Å². The van der Waals surface area contributed by atoms with Gasteiger partial charge in [0, 0.05) is 13.0 Å². The summed E-state index contributed by atoms with van der Waals surface area (Å²) in [4.78, 5) is 11.6. The number of hydrogen-bond acceptors (Lipinski definition) is 3. The van der Waals surface area contributed by atoms with Gasteiger partial charge in [0.1, 0.15) is 12.7 Å². The van der Waals surface area contributed by atoms with E-state index in [0.717, 1.165) is 30.9 Å². The molecule has 0 radical (unpaired) electrons. The molecule has 1 aliphatic rings. The molecular formula is C15H21NO3. The molecule has 0 aromatic heterocycles. The number of nitrogens with one attached hydrogen (secondary N) is 1. The van der Waals surface area contributed by atoms with Gasteiger partial charge in [-0.2, -0.15) is 0 Å². The van der Waals surface area contributed by atoms with Gasteiger partial charge in [0.2, 0.25) is 5.91 Å². The van der Waals surface area contributed by atoms with Gasteiger partial charge >= 0.3 is 0 Å². The van der Waals surface area contributed by atoms with Crippen LogP contribution in [0.2, 0.25) is 0 Å². The Morgan fingerprint density at radius 2 is 2.16 bits per heavy atom. The van der Waals surface area contributed by atoms with Crippen LogP contribution in [0.15, 0.2) is 24.3 Å². The molecule has 0 aliphatic carbocycles. The van der Waals surface area contributed by atoms with Gasteiger partial charge in [0.25, 0.3) is 0 Å². The van der Waals surface area contributed by atoms with Gasteiger partial charge in [-0.05, 0) is 25.0 Å². The molecule has 19 heavy (non-hydrogen) atoms. The van der Waals surface area contributed by atoms with E-state index in [1.807, 2.05) is 24.3 Å². The minimum Gasteiger partial charge on any atom is -0.486 e. The van der Waals surface area contributed by atoms with Gasteiger partial charge < -0.3 is 14.8 Å². The molecule has 4 heteroatoms. The van der Waals surface area contributed by atoms with Crippen LogP contribution >= 0.6 is 0 Å². The number of fused-ring (bicyclic) bond motifs is 1. The smallest absolute Gasteiger partial charge is 0.220 e. The van der Waals surface area contributed by atoms with Crippen molar-refractivity contribution < 1.29 is 14.3 Å². The molecule has 1 aliphatic heterocycles. The van der Waals surface area contributed by atoms with Crippen LogP contribution in [0.25, 0.3) is 0 Å². The zero-order chi connectivity index (χ0) is 13.5. The van der Waals surface area contributed by atoms with E-state index >= 15 is 0 Å². The Bertz CT molecular complexity index is 420. The summed E-state index contributed by atoms with van der Waals surface area (Å²) in [5.74, 6) is 1.65. The Labute approximate surface area is 114 Å². The Hall–Kier alpha value is -1.71. The number of benzene rings is 1. The predicted octanol–water partition coefficient (Wildman–Crippen LogP) is 2.52. The average molecular weight is 263 g/mol. The van der Waals surface area contributed by atoms with Crippen molar-refractivity contribution in [2.75, 3.05) is 13.2 Å². The van der Waals surface area contributed by atoms with E-state index in [9.17, 15) is 4.79 Å². The van der Waals surface area contributed by atoms with Crippen LogP contribution in [0.3, 0.4) is 0 Å². The molecule has 2 rings (SSSR count). The Morgan fingerprint density at radius 3 is 2.95 bits per heavy atom. The summed E-state index contributed by atoms with van der Waals surface area (Å²) in [7, 11) is 0. The summed E-state index contributed by atoms with van der Waals surface area (Å²) in [5.41, 5.74) is 0. The van der Waals surface area contributed by atoms with Gasteiger partial charge in [-0.25, -0.2) is 0 Å². The highest BCUT2D eigenvalue weighted by Gasteiger charge is 2.21. The molecule has 1 N–H and O–H groups in total. The number of rotatable bonds is 6. The molecule has 1 aromatic carbocycles. The Balaban J connectivity index is 1.72. The van der Waals surface area contributed by atoms with Crippen molar-refractivity contribution in [3.63, 3.8) is 0 Å². The molecule has 1 atom stereocenters. The number of unbranched alkanes of at least 4 members (excludes halogenated alkanes) is 1. The molecule has 1 aromatic rings. The van der Waals surface area contributed by atoms with Crippen LogP contribution in [0.1, 0.15) is 32.6 Å². The first kappa shape index (κ1) is 13.7. The maximum atomic E-state index is 11.6. The van der Waals surface area contributed by atoms with Crippen LogP contribution in [0.4, 0.5) is 0 Å². The molecule has 1 heterocycles. The van der Waals surface area contributed by atoms with E-state index in [1.54, 1.807) is 0 Å². The largest absolute Gasteiger partial charge is 0.486 e. The van der Waals surface area contributed by atoms with Crippen LogP contribution < -0.4 is 14.8 Å². The lowest BCUT2D eigenvalue weighted by Crippen LogP contribution is -2.31. The van der Waals surface area contributed by atoms with Crippen molar-refractivity contribution in [1.82, 2.24) is 5.32 Å². The topological polar surface area (TPSA) is 47.6 Å². The monoisotopic (exact) mass is 263 g/mol. The number of carbonyl (C=O) groups is 1. The Morgan fingerprint density at radius 1 is 1.37 bits per heavy atom. The van der Waals surface area contributed by atoms with Crippen LogP contribution in [0.5, 0.6) is 11.5 Å². The van der Waals surface area contributed by atoms with Crippen LogP contribution in [0, 0.1) is 0 Å². The maximum absolute atomic E-state index is 11.6. The zero-order valence-electron chi connectivity index (χ0n) is 11.4. The number of para-hydroxylation sites is 2. The lowest BCUT2D eigenvalue weighted by atomic mass is 10.1.